The largest absolute Gasteiger partial charge is 0.478 e. The van der Waals surface area contributed by atoms with Gasteiger partial charge in [-0.25, -0.2) is 18.9 Å². The van der Waals surface area contributed by atoms with Crippen molar-refractivity contribution in [3.63, 3.8) is 0 Å². The highest BCUT2D eigenvalue weighted by Crippen LogP contribution is 2.38. The van der Waals surface area contributed by atoms with Gasteiger partial charge in [0.2, 0.25) is 0 Å². The van der Waals surface area contributed by atoms with Crippen molar-refractivity contribution >= 4 is 28.5 Å². The Kier molecular flexibility index (Phi) is 5.25. The molecule has 0 radical (unpaired) electrons. The molecule has 0 saturated heterocycles. The number of carboxylic acid groups (broad SMARTS) is 1. The fourth-order valence-electron chi connectivity index (χ4n) is 4.05. The third kappa shape index (κ3) is 3.65. The molecule has 7 nitrogen and oxygen atoms in total. The summed E-state index contributed by atoms with van der Waals surface area (Å²) < 4.78 is 16.7. The van der Waals surface area contributed by atoms with Gasteiger partial charge in [0.15, 0.2) is 5.82 Å². The molecule has 34 heavy (non-hydrogen) atoms. The quantitative estimate of drug-likeness (QED) is 0.356. The zero-order chi connectivity index (χ0) is 23.8. The molecule has 0 spiro atoms. The Morgan fingerprint density at radius 2 is 1.76 bits per heavy atom. The predicted octanol–water partition coefficient (Wildman–Crippen LogP) is 5.68. The van der Waals surface area contributed by atoms with Crippen molar-refractivity contribution in [2.75, 3.05) is 5.32 Å². The number of hydrogen-bond donors (Lipinski definition) is 2. The van der Waals surface area contributed by atoms with Crippen LogP contribution in [0.5, 0.6) is 0 Å². The van der Waals surface area contributed by atoms with Crippen LogP contribution in [0.1, 0.15) is 21.6 Å². The van der Waals surface area contributed by atoms with Gasteiger partial charge >= 0.3 is 5.97 Å². The van der Waals surface area contributed by atoms with Gasteiger partial charge in [-0.1, -0.05) is 30.3 Å². The number of nitrogens with one attached hydrogen (secondary N) is 1. The molecule has 168 valence electrons. The summed E-state index contributed by atoms with van der Waals surface area (Å²) in [5, 5.41) is 17.8. The summed E-state index contributed by atoms with van der Waals surface area (Å²) in [4.78, 5) is 20.3. The van der Waals surface area contributed by atoms with E-state index in [4.69, 9.17) is 5.10 Å². The van der Waals surface area contributed by atoms with E-state index in [1.165, 1.54) is 18.5 Å². The minimum atomic E-state index is -1.05. The number of rotatable bonds is 5. The van der Waals surface area contributed by atoms with E-state index in [-0.39, 0.29) is 11.1 Å². The van der Waals surface area contributed by atoms with Crippen LogP contribution in [0.2, 0.25) is 0 Å². The molecule has 0 aliphatic carbocycles. The van der Waals surface area contributed by atoms with Crippen LogP contribution >= 0.6 is 0 Å². The summed E-state index contributed by atoms with van der Waals surface area (Å²) in [6, 6.07) is 17.7. The standard InChI is InChI=1S/C26H20FN5O2/c1-15-7-6-10-19(26(33)34)23(15)30-25-22(16(2)31-32(25)18-8-4-3-5-9-18)17-13-20(27)24-21(14-17)28-11-12-29-24/h3-14,30H,1-2H3,(H,33,34). The molecule has 0 aliphatic heterocycles. The number of hydrogen-bond acceptors (Lipinski definition) is 5. The Hall–Kier alpha value is -4.59. The fourth-order valence-corrected chi connectivity index (χ4v) is 4.05. The molecule has 5 rings (SSSR count). The number of aromatic nitrogens is 4. The van der Waals surface area contributed by atoms with Gasteiger partial charge in [-0.15, -0.1) is 0 Å². The van der Waals surface area contributed by atoms with Crippen LogP contribution in [0.15, 0.2) is 73.1 Å². The molecule has 0 aliphatic rings. The van der Waals surface area contributed by atoms with Gasteiger partial charge in [0, 0.05) is 18.0 Å². The van der Waals surface area contributed by atoms with Crippen LogP contribution in [0.4, 0.5) is 15.9 Å². The Labute approximate surface area is 194 Å². The first-order valence-corrected chi connectivity index (χ1v) is 10.6. The number of carbonyl (C=O) groups is 1. The summed E-state index contributed by atoms with van der Waals surface area (Å²) in [5.74, 6) is -1.04. The van der Waals surface area contributed by atoms with Gasteiger partial charge in [-0.2, -0.15) is 5.10 Å². The average Bonchev–Trinajstić information content (AvgIpc) is 3.16. The third-order valence-electron chi connectivity index (χ3n) is 5.62. The minimum absolute atomic E-state index is 0.125. The van der Waals surface area contributed by atoms with E-state index in [1.54, 1.807) is 22.9 Å². The summed E-state index contributed by atoms with van der Waals surface area (Å²) in [5.41, 5.74) is 4.51. The zero-order valence-electron chi connectivity index (χ0n) is 18.5. The van der Waals surface area contributed by atoms with Gasteiger partial charge in [-0.3, -0.25) is 4.98 Å². The van der Waals surface area contributed by atoms with Crippen LogP contribution in [-0.2, 0) is 0 Å². The van der Waals surface area contributed by atoms with Gasteiger partial charge in [0.1, 0.15) is 11.3 Å². The van der Waals surface area contributed by atoms with Crippen LogP contribution in [0.25, 0.3) is 27.8 Å². The first-order valence-electron chi connectivity index (χ1n) is 10.6. The second kappa shape index (κ2) is 8.40. The van der Waals surface area contributed by atoms with Crippen molar-refractivity contribution in [1.82, 2.24) is 19.7 Å². The Bertz CT molecular complexity index is 1550. The second-order valence-electron chi connectivity index (χ2n) is 7.87. The van der Waals surface area contributed by atoms with Crippen LogP contribution in [0.3, 0.4) is 0 Å². The van der Waals surface area contributed by atoms with Crippen LogP contribution in [0, 0.1) is 19.7 Å². The minimum Gasteiger partial charge on any atom is -0.478 e. The maximum atomic E-state index is 15.0. The lowest BCUT2D eigenvalue weighted by atomic mass is 10.0. The van der Waals surface area contributed by atoms with E-state index in [0.29, 0.717) is 33.8 Å². The van der Waals surface area contributed by atoms with Gasteiger partial charge in [0.05, 0.1) is 28.1 Å². The number of carboxylic acids is 1. The maximum Gasteiger partial charge on any atom is 0.337 e. The summed E-state index contributed by atoms with van der Waals surface area (Å²) >= 11 is 0. The number of para-hydroxylation sites is 2. The van der Waals surface area contributed by atoms with E-state index in [1.807, 2.05) is 50.2 Å². The molecular weight excluding hydrogens is 433 g/mol. The Morgan fingerprint density at radius 3 is 2.53 bits per heavy atom. The molecule has 0 fully saturated rings. The molecule has 0 unspecified atom stereocenters. The summed E-state index contributed by atoms with van der Waals surface area (Å²) in [7, 11) is 0. The van der Waals surface area contributed by atoms with E-state index in [9.17, 15) is 14.3 Å². The number of aryl methyl sites for hydroxylation is 2. The zero-order valence-corrected chi connectivity index (χ0v) is 18.5. The summed E-state index contributed by atoms with van der Waals surface area (Å²) in [6.45, 7) is 3.66. The monoisotopic (exact) mass is 453 g/mol. The average molecular weight is 453 g/mol. The molecule has 3 aromatic carbocycles. The Balaban J connectivity index is 1.78. The summed E-state index contributed by atoms with van der Waals surface area (Å²) in [6.07, 6.45) is 2.96. The fraction of sp³-hybridized carbons (Fsp3) is 0.0769. The van der Waals surface area contributed by atoms with Crippen molar-refractivity contribution in [2.24, 2.45) is 0 Å². The normalized spacial score (nSPS) is 11.0. The number of halogens is 1. The molecule has 2 N–H and O–H groups in total. The molecular formula is C26H20FN5O2. The molecule has 0 atom stereocenters. The highest BCUT2D eigenvalue weighted by atomic mass is 19.1. The predicted molar refractivity (Wildman–Crippen MR) is 128 cm³/mol. The molecule has 2 aromatic heterocycles. The van der Waals surface area contributed by atoms with E-state index in [2.05, 4.69) is 15.3 Å². The highest BCUT2D eigenvalue weighted by molar-refractivity contribution is 5.97. The van der Waals surface area contributed by atoms with Crippen molar-refractivity contribution < 1.29 is 14.3 Å². The second-order valence-corrected chi connectivity index (χ2v) is 7.87. The van der Waals surface area contributed by atoms with Gasteiger partial charge in [0.25, 0.3) is 0 Å². The molecule has 5 aromatic rings. The lowest BCUT2D eigenvalue weighted by Gasteiger charge is -2.16. The smallest absolute Gasteiger partial charge is 0.337 e. The van der Waals surface area contributed by atoms with Crippen molar-refractivity contribution in [1.29, 1.82) is 0 Å². The van der Waals surface area contributed by atoms with E-state index in [0.717, 1.165) is 11.3 Å². The topological polar surface area (TPSA) is 92.9 Å². The first kappa shape index (κ1) is 21.3. The van der Waals surface area contributed by atoms with Gasteiger partial charge in [-0.05, 0) is 55.3 Å². The number of aromatic carboxylic acids is 1. The van der Waals surface area contributed by atoms with Crippen LogP contribution < -0.4 is 5.32 Å². The van der Waals surface area contributed by atoms with E-state index >= 15 is 0 Å². The molecule has 0 saturated carbocycles. The molecule has 0 amide bonds. The molecule has 2 heterocycles. The lowest BCUT2D eigenvalue weighted by Crippen LogP contribution is -2.08. The van der Waals surface area contributed by atoms with Crippen molar-refractivity contribution in [3.8, 4) is 16.8 Å². The van der Waals surface area contributed by atoms with E-state index < -0.39 is 11.8 Å². The SMILES string of the molecule is Cc1cccc(C(=O)O)c1Nc1c(-c2cc(F)c3nccnc3c2)c(C)nn1-c1ccccc1. The number of anilines is 2. The van der Waals surface area contributed by atoms with Crippen LogP contribution in [-0.4, -0.2) is 30.8 Å². The molecule has 8 heteroatoms. The van der Waals surface area contributed by atoms with Gasteiger partial charge < -0.3 is 10.4 Å². The maximum absolute atomic E-state index is 15.0. The first-order chi connectivity index (χ1) is 16.4. The third-order valence-corrected chi connectivity index (χ3v) is 5.62. The number of nitrogens with zero attached hydrogens (tertiary/aromatic N) is 4. The lowest BCUT2D eigenvalue weighted by molar-refractivity contribution is 0.0698. The van der Waals surface area contributed by atoms with Crippen molar-refractivity contribution in [2.45, 2.75) is 13.8 Å². The highest BCUT2D eigenvalue weighted by Gasteiger charge is 2.22. The number of fused-ring (bicyclic) bond motifs is 1. The Morgan fingerprint density at radius 1 is 1.00 bits per heavy atom. The molecule has 0 bridgehead atoms. The van der Waals surface area contributed by atoms with Crippen molar-refractivity contribution in [3.05, 3.63) is 95.7 Å². The number of benzene rings is 3.